The summed E-state index contributed by atoms with van der Waals surface area (Å²) < 4.78 is 32.4. The molecule has 4 rings (SSSR count). The molecule has 3 unspecified atom stereocenters. The smallest absolute Gasteiger partial charge is 0.306 e. The Balaban J connectivity index is 1.74. The number of aliphatic carboxylic acids is 1. The number of aromatic hydroxyl groups is 2. The Morgan fingerprint density at radius 1 is 0.923 bits per heavy atom. The van der Waals surface area contributed by atoms with Gasteiger partial charge in [0.2, 0.25) is 23.2 Å². The summed E-state index contributed by atoms with van der Waals surface area (Å²) in [5, 5.41) is 59.9. The van der Waals surface area contributed by atoms with Crippen molar-refractivity contribution in [3.63, 3.8) is 0 Å². The summed E-state index contributed by atoms with van der Waals surface area (Å²) in [7, 11) is 3.72. The van der Waals surface area contributed by atoms with Crippen LogP contribution in [0.1, 0.15) is 6.42 Å². The standard InChI is InChI=1S/C25H26O14/c1-34-12-6-9(4-5-11(12)38-25-21(33)20(32)17(29)14(39-25)8-15(27)28)22-24(36-3)19(31)16-13(37-22)7-10(26)23(35-2)18(16)30/h4-7,14,17,20-21,25-26,29-30,32-33H,8H2,1-3H3,(H,27,28)/t14?,17-,20?,21?,25-/m1/s1. The van der Waals surface area contributed by atoms with Crippen LogP contribution in [0.2, 0.25) is 0 Å². The molecular weight excluding hydrogens is 524 g/mol. The maximum atomic E-state index is 13.2. The molecule has 0 saturated carbocycles. The Morgan fingerprint density at radius 3 is 2.23 bits per heavy atom. The first kappa shape index (κ1) is 27.8. The number of hydrogen-bond acceptors (Lipinski definition) is 13. The van der Waals surface area contributed by atoms with Gasteiger partial charge in [-0.05, 0) is 18.2 Å². The van der Waals surface area contributed by atoms with Crippen LogP contribution in [-0.2, 0) is 9.53 Å². The van der Waals surface area contributed by atoms with Crippen LogP contribution < -0.4 is 24.4 Å². The Labute approximate surface area is 219 Å². The second-order valence-electron chi connectivity index (χ2n) is 8.54. The van der Waals surface area contributed by atoms with Gasteiger partial charge in [-0.15, -0.1) is 0 Å². The van der Waals surface area contributed by atoms with Gasteiger partial charge in [-0.25, -0.2) is 0 Å². The molecule has 0 bridgehead atoms. The van der Waals surface area contributed by atoms with Gasteiger partial charge in [0.25, 0.3) is 0 Å². The van der Waals surface area contributed by atoms with E-state index in [-0.39, 0.29) is 45.3 Å². The third-order valence-corrected chi connectivity index (χ3v) is 6.17. The first-order valence-electron chi connectivity index (χ1n) is 11.4. The van der Waals surface area contributed by atoms with Crippen molar-refractivity contribution in [2.24, 2.45) is 0 Å². The minimum atomic E-state index is -1.75. The highest BCUT2D eigenvalue weighted by atomic mass is 16.7. The first-order chi connectivity index (χ1) is 18.5. The molecule has 0 amide bonds. The molecule has 2 heterocycles. The van der Waals surface area contributed by atoms with Crippen LogP contribution in [0.15, 0.2) is 33.5 Å². The number of ether oxygens (including phenoxy) is 5. The summed E-state index contributed by atoms with van der Waals surface area (Å²) in [6.45, 7) is 0. The van der Waals surface area contributed by atoms with E-state index in [0.29, 0.717) is 0 Å². The minimum Gasteiger partial charge on any atom is -0.504 e. The molecule has 14 heteroatoms. The van der Waals surface area contributed by atoms with Crippen LogP contribution in [0.5, 0.6) is 34.5 Å². The van der Waals surface area contributed by atoms with E-state index in [1.807, 2.05) is 0 Å². The van der Waals surface area contributed by atoms with Gasteiger partial charge in [0.1, 0.15) is 35.4 Å². The zero-order chi connectivity index (χ0) is 28.6. The summed E-state index contributed by atoms with van der Waals surface area (Å²) in [5.74, 6) is -3.04. The fourth-order valence-electron chi connectivity index (χ4n) is 4.25. The third-order valence-electron chi connectivity index (χ3n) is 6.17. The van der Waals surface area contributed by atoms with Crippen molar-refractivity contribution >= 4 is 16.9 Å². The number of phenolic OH excluding ortho intramolecular Hbond substituents is 2. The van der Waals surface area contributed by atoms with Gasteiger partial charge >= 0.3 is 5.97 Å². The lowest BCUT2D eigenvalue weighted by atomic mass is 9.97. The zero-order valence-corrected chi connectivity index (χ0v) is 20.9. The van der Waals surface area contributed by atoms with Crippen molar-refractivity contribution in [3.05, 3.63) is 34.5 Å². The van der Waals surface area contributed by atoms with E-state index in [2.05, 4.69) is 0 Å². The molecule has 3 aromatic rings. The Bertz CT molecular complexity index is 1450. The van der Waals surface area contributed by atoms with Gasteiger partial charge in [-0.2, -0.15) is 0 Å². The molecular formula is C25H26O14. The van der Waals surface area contributed by atoms with Crippen molar-refractivity contribution < 1.29 is 63.5 Å². The third kappa shape index (κ3) is 4.97. The molecule has 1 aliphatic rings. The lowest BCUT2D eigenvalue weighted by molar-refractivity contribution is -0.273. The molecule has 210 valence electrons. The monoisotopic (exact) mass is 550 g/mol. The van der Waals surface area contributed by atoms with Crippen LogP contribution in [0.4, 0.5) is 0 Å². The van der Waals surface area contributed by atoms with Gasteiger partial charge in [-0.1, -0.05) is 0 Å². The highest BCUT2D eigenvalue weighted by molar-refractivity contribution is 5.91. The average Bonchev–Trinajstić information content (AvgIpc) is 2.89. The van der Waals surface area contributed by atoms with E-state index in [1.54, 1.807) is 0 Å². The molecule has 1 saturated heterocycles. The number of aliphatic hydroxyl groups excluding tert-OH is 3. The van der Waals surface area contributed by atoms with Crippen molar-refractivity contribution in [2.75, 3.05) is 21.3 Å². The van der Waals surface area contributed by atoms with E-state index >= 15 is 0 Å². The second kappa shape index (κ2) is 10.9. The molecule has 0 radical (unpaired) electrons. The largest absolute Gasteiger partial charge is 0.504 e. The number of aliphatic hydroxyl groups is 3. The molecule has 6 N–H and O–H groups in total. The molecule has 5 atom stereocenters. The minimum absolute atomic E-state index is 0.00917. The van der Waals surface area contributed by atoms with Gasteiger partial charge in [0.15, 0.2) is 28.8 Å². The SMILES string of the molecule is COc1cc(-c2oc3cc(O)c(OC)c(O)c3c(=O)c2OC)ccc1O[C@@H]1OC(CC(=O)O)[C@@H](O)C(O)C1O. The van der Waals surface area contributed by atoms with Crippen LogP contribution in [0.3, 0.4) is 0 Å². The number of hydrogen-bond donors (Lipinski definition) is 6. The van der Waals surface area contributed by atoms with Crippen molar-refractivity contribution in [2.45, 2.75) is 37.1 Å². The van der Waals surface area contributed by atoms with E-state index in [9.17, 15) is 35.1 Å². The van der Waals surface area contributed by atoms with Crippen molar-refractivity contribution in [3.8, 4) is 45.8 Å². The van der Waals surface area contributed by atoms with Crippen LogP contribution in [-0.4, -0.2) is 88.6 Å². The maximum Gasteiger partial charge on any atom is 0.306 e. The van der Waals surface area contributed by atoms with Gasteiger partial charge in [-0.3, -0.25) is 9.59 Å². The number of carboxylic acid groups (broad SMARTS) is 1. The number of phenols is 2. The maximum absolute atomic E-state index is 13.2. The summed E-state index contributed by atoms with van der Waals surface area (Å²) >= 11 is 0. The number of benzene rings is 2. The molecule has 39 heavy (non-hydrogen) atoms. The molecule has 1 fully saturated rings. The van der Waals surface area contributed by atoms with E-state index in [0.717, 1.165) is 6.07 Å². The Hall–Kier alpha value is -4.24. The predicted octanol–water partition coefficient (Wildman–Crippen LogP) is 0.558. The Morgan fingerprint density at radius 2 is 1.62 bits per heavy atom. The fourth-order valence-corrected chi connectivity index (χ4v) is 4.25. The first-order valence-corrected chi connectivity index (χ1v) is 11.4. The summed E-state index contributed by atoms with van der Waals surface area (Å²) in [6, 6.07) is 5.28. The highest BCUT2D eigenvalue weighted by Crippen LogP contribution is 2.44. The predicted molar refractivity (Wildman–Crippen MR) is 130 cm³/mol. The lowest BCUT2D eigenvalue weighted by Crippen LogP contribution is -2.59. The van der Waals surface area contributed by atoms with Gasteiger partial charge < -0.3 is 58.7 Å². The van der Waals surface area contributed by atoms with E-state index in [4.69, 9.17) is 33.2 Å². The quantitative estimate of drug-likeness (QED) is 0.226. The van der Waals surface area contributed by atoms with Crippen LogP contribution >= 0.6 is 0 Å². The van der Waals surface area contributed by atoms with Crippen molar-refractivity contribution in [1.82, 2.24) is 0 Å². The summed E-state index contributed by atoms with van der Waals surface area (Å²) in [5.41, 5.74) is -0.671. The number of carboxylic acids is 1. The van der Waals surface area contributed by atoms with Crippen LogP contribution in [0.25, 0.3) is 22.3 Å². The number of carbonyl (C=O) groups is 1. The second-order valence-corrected chi connectivity index (χ2v) is 8.54. The summed E-state index contributed by atoms with van der Waals surface area (Å²) in [6.07, 6.45) is -8.73. The van der Waals surface area contributed by atoms with Gasteiger partial charge in [0, 0.05) is 11.6 Å². The van der Waals surface area contributed by atoms with Gasteiger partial charge in [0.05, 0.1) is 27.8 Å². The molecule has 2 aromatic carbocycles. The number of rotatable bonds is 8. The molecule has 14 nitrogen and oxygen atoms in total. The summed E-state index contributed by atoms with van der Waals surface area (Å²) in [4.78, 5) is 24.3. The Kier molecular flexibility index (Phi) is 7.74. The van der Waals surface area contributed by atoms with Crippen molar-refractivity contribution in [1.29, 1.82) is 0 Å². The van der Waals surface area contributed by atoms with E-state index in [1.165, 1.54) is 39.5 Å². The molecule has 0 spiro atoms. The lowest BCUT2D eigenvalue weighted by Gasteiger charge is -2.39. The topological polar surface area (TPSA) is 215 Å². The van der Waals surface area contributed by atoms with E-state index < -0.39 is 60.0 Å². The van der Waals surface area contributed by atoms with Crippen LogP contribution in [0, 0.1) is 0 Å². The fraction of sp³-hybridized carbons (Fsp3) is 0.360. The molecule has 1 aliphatic heterocycles. The highest BCUT2D eigenvalue weighted by Gasteiger charge is 2.46. The molecule has 1 aromatic heterocycles. The zero-order valence-electron chi connectivity index (χ0n) is 20.9. The number of methoxy groups -OCH3 is 3. The average molecular weight is 550 g/mol. The number of fused-ring (bicyclic) bond motifs is 1. The molecule has 0 aliphatic carbocycles. The normalized spacial score (nSPS) is 22.9.